The summed E-state index contributed by atoms with van der Waals surface area (Å²) in [5.74, 6) is -1.74. The average Bonchev–Trinajstić information content (AvgIpc) is 3.09. The van der Waals surface area contributed by atoms with Crippen LogP contribution in [0, 0.1) is 0 Å². The lowest BCUT2D eigenvalue weighted by Crippen LogP contribution is -2.06. The van der Waals surface area contributed by atoms with Crippen LogP contribution in [0.1, 0.15) is 33.6 Å². The number of carboxylic acids is 1. The van der Waals surface area contributed by atoms with Crippen molar-refractivity contribution in [3.8, 4) is 11.5 Å². The van der Waals surface area contributed by atoms with Crippen molar-refractivity contribution in [1.82, 2.24) is 4.98 Å². The first-order chi connectivity index (χ1) is 14.8. The van der Waals surface area contributed by atoms with Crippen molar-refractivity contribution >= 4 is 28.5 Å². The van der Waals surface area contributed by atoms with Gasteiger partial charge in [-0.2, -0.15) is 17.6 Å². The molecule has 160 valence electrons. The number of carbonyl (C=O) groups is 1. The maximum Gasteiger partial charge on any atom is 0.387 e. The Labute approximate surface area is 173 Å². The van der Waals surface area contributed by atoms with E-state index >= 15 is 0 Å². The number of benzene rings is 2. The SMILES string of the molecule is O=C(O)c1c2c(nc3ccccc13)C(=Cc1ccc(OC(F)F)cc1OC(F)F)CC2. The predicted molar refractivity (Wildman–Crippen MR) is 105 cm³/mol. The van der Waals surface area contributed by atoms with Crippen LogP contribution in [0.5, 0.6) is 11.5 Å². The molecule has 3 aromatic rings. The van der Waals surface area contributed by atoms with Gasteiger partial charge in [0.15, 0.2) is 0 Å². The highest BCUT2D eigenvalue weighted by atomic mass is 19.3. The summed E-state index contributed by atoms with van der Waals surface area (Å²) >= 11 is 0. The second kappa shape index (κ2) is 8.25. The Balaban J connectivity index is 1.83. The maximum absolute atomic E-state index is 12.9. The minimum Gasteiger partial charge on any atom is -0.478 e. The molecule has 1 N–H and O–H groups in total. The summed E-state index contributed by atoms with van der Waals surface area (Å²) in [7, 11) is 0. The van der Waals surface area contributed by atoms with Crippen molar-refractivity contribution in [1.29, 1.82) is 0 Å². The van der Waals surface area contributed by atoms with Crippen molar-refractivity contribution in [3.63, 3.8) is 0 Å². The third kappa shape index (κ3) is 4.16. The highest BCUT2D eigenvalue weighted by Gasteiger charge is 2.27. The van der Waals surface area contributed by atoms with Crippen LogP contribution in [-0.4, -0.2) is 29.3 Å². The minimum atomic E-state index is -3.17. The topological polar surface area (TPSA) is 68.7 Å². The van der Waals surface area contributed by atoms with Gasteiger partial charge in [0.1, 0.15) is 11.5 Å². The number of alkyl halides is 4. The standard InChI is InChI=1S/C22H15F4NO4/c23-21(24)30-13-7-5-11(17(10-13)31-22(25)26)9-12-6-8-15-18(20(28)29)14-3-1-2-4-16(14)27-19(12)15/h1-5,7,9-10,21-22H,6,8H2,(H,28,29). The van der Waals surface area contributed by atoms with E-state index in [1.54, 1.807) is 30.3 Å². The van der Waals surface area contributed by atoms with E-state index in [2.05, 4.69) is 14.5 Å². The minimum absolute atomic E-state index is 0.161. The third-order valence-electron chi connectivity index (χ3n) is 4.91. The van der Waals surface area contributed by atoms with Gasteiger partial charge < -0.3 is 14.6 Å². The fraction of sp³-hybridized carbons (Fsp3) is 0.182. The lowest BCUT2D eigenvalue weighted by molar-refractivity contribution is -0.0543. The lowest BCUT2D eigenvalue weighted by Gasteiger charge is -2.12. The molecule has 0 spiro atoms. The zero-order valence-corrected chi connectivity index (χ0v) is 15.8. The second-order valence-electron chi connectivity index (χ2n) is 6.76. The lowest BCUT2D eigenvalue weighted by atomic mass is 10.0. The summed E-state index contributed by atoms with van der Waals surface area (Å²) in [5, 5.41) is 10.3. The van der Waals surface area contributed by atoms with Crippen molar-refractivity contribution in [3.05, 3.63) is 64.8 Å². The quantitative estimate of drug-likeness (QED) is 0.511. The third-order valence-corrected chi connectivity index (χ3v) is 4.91. The van der Waals surface area contributed by atoms with Crippen LogP contribution in [0.4, 0.5) is 17.6 Å². The number of allylic oxidation sites excluding steroid dienone is 1. The normalized spacial score (nSPS) is 14.5. The molecule has 0 radical (unpaired) electrons. The molecular formula is C22H15F4NO4. The number of pyridine rings is 1. The van der Waals surface area contributed by atoms with E-state index in [-0.39, 0.29) is 22.6 Å². The van der Waals surface area contributed by atoms with E-state index in [0.29, 0.717) is 40.6 Å². The van der Waals surface area contributed by atoms with Crippen LogP contribution in [0.3, 0.4) is 0 Å². The molecule has 0 bridgehead atoms. The molecule has 1 aliphatic carbocycles. The van der Waals surface area contributed by atoms with Gasteiger partial charge in [-0.25, -0.2) is 9.78 Å². The highest BCUT2D eigenvalue weighted by Crippen LogP contribution is 2.39. The summed E-state index contributed by atoms with van der Waals surface area (Å²) < 4.78 is 59.4. The Morgan fingerprint density at radius 3 is 2.48 bits per heavy atom. The molecule has 31 heavy (non-hydrogen) atoms. The first-order valence-electron chi connectivity index (χ1n) is 9.23. The van der Waals surface area contributed by atoms with Gasteiger partial charge in [0, 0.05) is 17.0 Å². The molecule has 0 aliphatic heterocycles. The zero-order chi connectivity index (χ0) is 22.1. The summed E-state index contributed by atoms with van der Waals surface area (Å²) in [5.41, 5.74) is 2.52. The molecule has 0 saturated heterocycles. The Morgan fingerprint density at radius 2 is 1.77 bits per heavy atom. The van der Waals surface area contributed by atoms with Crippen LogP contribution in [-0.2, 0) is 6.42 Å². The number of hydrogen-bond donors (Lipinski definition) is 1. The summed E-state index contributed by atoms with van der Waals surface area (Å²) in [6.45, 7) is -6.28. The molecule has 0 unspecified atom stereocenters. The number of carboxylic acid groups (broad SMARTS) is 1. The monoisotopic (exact) mass is 433 g/mol. The second-order valence-corrected chi connectivity index (χ2v) is 6.76. The number of rotatable bonds is 6. The summed E-state index contributed by atoms with van der Waals surface area (Å²) in [6.07, 6.45) is 2.39. The summed E-state index contributed by atoms with van der Waals surface area (Å²) in [6, 6.07) is 10.3. The molecule has 4 rings (SSSR count). The molecule has 0 amide bonds. The van der Waals surface area contributed by atoms with E-state index in [1.165, 1.54) is 12.1 Å². The molecule has 2 aromatic carbocycles. The number of aromatic nitrogens is 1. The molecular weight excluding hydrogens is 418 g/mol. The Morgan fingerprint density at radius 1 is 1.03 bits per heavy atom. The number of halogens is 4. The molecule has 1 aromatic heterocycles. The Kier molecular flexibility index (Phi) is 5.50. The van der Waals surface area contributed by atoms with Crippen molar-refractivity contribution < 1.29 is 36.9 Å². The van der Waals surface area contributed by atoms with Crippen LogP contribution in [0.25, 0.3) is 22.6 Å². The van der Waals surface area contributed by atoms with E-state index in [0.717, 1.165) is 6.07 Å². The smallest absolute Gasteiger partial charge is 0.387 e. The number of aromatic carboxylic acids is 1. The molecule has 1 heterocycles. The van der Waals surface area contributed by atoms with Crippen LogP contribution in [0.15, 0.2) is 42.5 Å². The first-order valence-corrected chi connectivity index (χ1v) is 9.23. The van der Waals surface area contributed by atoms with Crippen molar-refractivity contribution in [2.75, 3.05) is 0 Å². The van der Waals surface area contributed by atoms with Gasteiger partial charge in [-0.1, -0.05) is 18.2 Å². The van der Waals surface area contributed by atoms with Crippen LogP contribution < -0.4 is 9.47 Å². The van der Waals surface area contributed by atoms with Crippen LogP contribution >= 0.6 is 0 Å². The number of nitrogens with zero attached hydrogens (tertiary/aromatic N) is 1. The molecule has 1 aliphatic rings. The van der Waals surface area contributed by atoms with Gasteiger partial charge in [0.25, 0.3) is 0 Å². The number of hydrogen-bond acceptors (Lipinski definition) is 4. The highest BCUT2D eigenvalue weighted by molar-refractivity contribution is 6.06. The molecule has 0 saturated carbocycles. The number of fused-ring (bicyclic) bond motifs is 2. The molecule has 0 atom stereocenters. The van der Waals surface area contributed by atoms with Gasteiger partial charge in [0.2, 0.25) is 0 Å². The molecule has 9 heteroatoms. The molecule has 0 fully saturated rings. The zero-order valence-electron chi connectivity index (χ0n) is 15.8. The number of ether oxygens (including phenoxy) is 2. The van der Waals surface area contributed by atoms with Gasteiger partial charge >= 0.3 is 19.2 Å². The van der Waals surface area contributed by atoms with Gasteiger partial charge in [-0.15, -0.1) is 0 Å². The Hall–Kier alpha value is -3.62. The predicted octanol–water partition coefficient (Wildman–Crippen LogP) is 5.62. The number of para-hydroxylation sites is 1. The van der Waals surface area contributed by atoms with E-state index < -0.39 is 19.2 Å². The molecule has 5 nitrogen and oxygen atoms in total. The van der Waals surface area contributed by atoms with Gasteiger partial charge in [-0.05, 0) is 48.3 Å². The fourth-order valence-corrected chi connectivity index (χ4v) is 3.72. The van der Waals surface area contributed by atoms with Gasteiger partial charge in [-0.3, -0.25) is 0 Å². The van der Waals surface area contributed by atoms with E-state index in [1.807, 2.05) is 0 Å². The van der Waals surface area contributed by atoms with E-state index in [9.17, 15) is 27.5 Å². The largest absolute Gasteiger partial charge is 0.478 e. The maximum atomic E-state index is 12.9. The van der Waals surface area contributed by atoms with Gasteiger partial charge in [0.05, 0.1) is 16.8 Å². The van der Waals surface area contributed by atoms with Crippen LogP contribution in [0.2, 0.25) is 0 Å². The fourth-order valence-electron chi connectivity index (χ4n) is 3.72. The van der Waals surface area contributed by atoms with E-state index in [4.69, 9.17) is 0 Å². The van der Waals surface area contributed by atoms with Crippen molar-refractivity contribution in [2.24, 2.45) is 0 Å². The van der Waals surface area contributed by atoms with Crippen molar-refractivity contribution in [2.45, 2.75) is 26.1 Å². The average molecular weight is 433 g/mol. The Bertz CT molecular complexity index is 1190. The first kappa shape index (κ1) is 20.6. The summed E-state index contributed by atoms with van der Waals surface area (Å²) in [4.78, 5) is 16.5.